The fourth-order valence-electron chi connectivity index (χ4n) is 5.13. The summed E-state index contributed by atoms with van der Waals surface area (Å²) in [7, 11) is 1.71. The van der Waals surface area contributed by atoms with Gasteiger partial charge in [0.1, 0.15) is 0 Å². The van der Waals surface area contributed by atoms with Crippen LogP contribution in [0.3, 0.4) is 0 Å². The quantitative estimate of drug-likeness (QED) is 0.0634. The van der Waals surface area contributed by atoms with E-state index in [0.717, 1.165) is 19.3 Å². The summed E-state index contributed by atoms with van der Waals surface area (Å²) >= 11 is 0. The Balaban J connectivity index is 0. The molecule has 0 aromatic rings. The van der Waals surface area contributed by atoms with Crippen molar-refractivity contribution in [2.24, 2.45) is 0 Å². The standard InChI is InChI=1S/C19H37NO.C18H36O2/c1-3-4-5-6-7-8-9-10-11-12-13-14-15-16-17-18-19(21)20-2;1-2-3-4-5-6-7-8-9-10-11-12-13-14-15-16-17-18(19)20/h10-11H,3-9,12-18H2,1-2H3,(H,20,21);2-17H2,1H3,(H,19,20)/b11-10-;. The molecule has 0 spiro atoms. The molecule has 0 aromatic carbocycles. The first kappa shape index (κ1) is 41.8. The van der Waals surface area contributed by atoms with Crippen LogP contribution in [0.25, 0.3) is 0 Å². The van der Waals surface area contributed by atoms with E-state index >= 15 is 0 Å². The number of unbranched alkanes of at least 4 members (excludes halogenated alkanes) is 25. The monoisotopic (exact) mass is 580 g/mol. The Morgan fingerprint density at radius 2 is 0.756 bits per heavy atom. The van der Waals surface area contributed by atoms with Gasteiger partial charge in [0, 0.05) is 19.9 Å². The highest BCUT2D eigenvalue weighted by Gasteiger charge is 1.98. The van der Waals surface area contributed by atoms with Crippen LogP contribution in [0.5, 0.6) is 0 Å². The van der Waals surface area contributed by atoms with E-state index in [2.05, 4.69) is 31.3 Å². The van der Waals surface area contributed by atoms with Gasteiger partial charge in [0.25, 0.3) is 0 Å². The molecule has 2 N–H and O–H groups in total. The van der Waals surface area contributed by atoms with Crippen molar-refractivity contribution >= 4 is 11.9 Å². The average Bonchev–Trinajstić information content (AvgIpc) is 2.97. The summed E-state index contributed by atoms with van der Waals surface area (Å²) < 4.78 is 0. The van der Waals surface area contributed by atoms with Crippen LogP contribution in [-0.2, 0) is 9.59 Å². The Morgan fingerprint density at radius 3 is 1.07 bits per heavy atom. The highest BCUT2D eigenvalue weighted by molar-refractivity contribution is 5.75. The molecule has 0 rings (SSSR count). The van der Waals surface area contributed by atoms with Crippen LogP contribution >= 0.6 is 0 Å². The number of hydrogen-bond donors (Lipinski definition) is 2. The molecule has 0 aliphatic carbocycles. The maximum absolute atomic E-state index is 11.0. The molecule has 0 saturated carbocycles. The SMILES string of the molecule is CCCCCCCC/C=C\CCCCCCCC(=O)NC.CCCCCCCCCCCCCCCCCC(=O)O. The molecular weight excluding hydrogens is 506 g/mol. The van der Waals surface area contributed by atoms with Gasteiger partial charge in [-0.1, -0.05) is 167 Å². The van der Waals surface area contributed by atoms with Gasteiger partial charge in [0.2, 0.25) is 5.91 Å². The lowest BCUT2D eigenvalue weighted by Gasteiger charge is -2.03. The zero-order valence-electron chi connectivity index (χ0n) is 28.1. The minimum Gasteiger partial charge on any atom is -0.481 e. The third-order valence-corrected chi connectivity index (χ3v) is 7.94. The third kappa shape index (κ3) is 43.3. The fourth-order valence-corrected chi connectivity index (χ4v) is 5.13. The van der Waals surface area contributed by atoms with Crippen molar-refractivity contribution in [3.05, 3.63) is 12.2 Å². The molecule has 0 saturated heterocycles. The highest BCUT2D eigenvalue weighted by Crippen LogP contribution is 2.14. The van der Waals surface area contributed by atoms with Crippen molar-refractivity contribution in [3.63, 3.8) is 0 Å². The molecule has 0 aliphatic heterocycles. The highest BCUT2D eigenvalue weighted by atomic mass is 16.4. The molecule has 0 aromatic heterocycles. The summed E-state index contributed by atoms with van der Waals surface area (Å²) in [4.78, 5) is 21.4. The molecular formula is C37H73NO3. The van der Waals surface area contributed by atoms with Gasteiger partial charge < -0.3 is 10.4 Å². The molecule has 244 valence electrons. The molecule has 4 nitrogen and oxygen atoms in total. The summed E-state index contributed by atoms with van der Waals surface area (Å²) in [6, 6.07) is 0. The minimum absolute atomic E-state index is 0.174. The molecule has 0 unspecified atom stereocenters. The van der Waals surface area contributed by atoms with Crippen LogP contribution in [0.4, 0.5) is 0 Å². The van der Waals surface area contributed by atoms with Gasteiger partial charge in [-0.25, -0.2) is 0 Å². The number of carbonyl (C=O) groups is 2. The Bertz CT molecular complexity index is 546. The Kier molecular flexibility index (Phi) is 39.4. The Labute approximate surface area is 257 Å². The molecule has 0 bridgehead atoms. The Hall–Kier alpha value is -1.32. The number of amides is 1. The first-order chi connectivity index (χ1) is 20.1. The van der Waals surface area contributed by atoms with Crippen LogP contribution in [-0.4, -0.2) is 24.0 Å². The van der Waals surface area contributed by atoms with Gasteiger partial charge in [-0.05, 0) is 38.5 Å². The van der Waals surface area contributed by atoms with Crippen LogP contribution in [0.1, 0.15) is 206 Å². The van der Waals surface area contributed by atoms with Gasteiger partial charge >= 0.3 is 5.97 Å². The van der Waals surface area contributed by atoms with Crippen molar-refractivity contribution in [2.75, 3.05) is 7.05 Å². The lowest BCUT2D eigenvalue weighted by atomic mass is 10.0. The molecule has 1 amide bonds. The van der Waals surface area contributed by atoms with E-state index in [1.54, 1.807) is 7.05 Å². The van der Waals surface area contributed by atoms with E-state index in [4.69, 9.17) is 5.11 Å². The number of carbonyl (C=O) groups excluding carboxylic acids is 1. The number of allylic oxidation sites excluding steroid dienone is 2. The third-order valence-electron chi connectivity index (χ3n) is 7.94. The predicted molar refractivity (Wildman–Crippen MR) is 181 cm³/mol. The normalized spacial score (nSPS) is 11.0. The number of nitrogens with one attached hydrogen (secondary N) is 1. The van der Waals surface area contributed by atoms with E-state index in [0.29, 0.717) is 12.8 Å². The van der Waals surface area contributed by atoms with Crippen molar-refractivity contribution in [1.29, 1.82) is 0 Å². The number of aliphatic carboxylic acids is 1. The van der Waals surface area contributed by atoms with Crippen LogP contribution in [0.2, 0.25) is 0 Å². The van der Waals surface area contributed by atoms with E-state index in [1.807, 2.05) is 0 Å². The first-order valence-corrected chi connectivity index (χ1v) is 18.2. The van der Waals surface area contributed by atoms with Gasteiger partial charge in [-0.15, -0.1) is 0 Å². The largest absolute Gasteiger partial charge is 0.481 e. The molecule has 0 atom stereocenters. The Morgan fingerprint density at radius 1 is 0.463 bits per heavy atom. The van der Waals surface area contributed by atoms with Gasteiger partial charge in [-0.3, -0.25) is 9.59 Å². The number of rotatable bonds is 31. The summed E-state index contributed by atoms with van der Waals surface area (Å²) in [6.45, 7) is 4.54. The van der Waals surface area contributed by atoms with Gasteiger partial charge in [0.05, 0.1) is 0 Å². The second-order valence-corrected chi connectivity index (χ2v) is 12.1. The lowest BCUT2D eigenvalue weighted by Crippen LogP contribution is -2.16. The summed E-state index contributed by atoms with van der Waals surface area (Å²) in [6.07, 6.45) is 42.5. The van der Waals surface area contributed by atoms with Crippen molar-refractivity contribution in [2.45, 2.75) is 206 Å². The molecule has 0 radical (unpaired) electrons. The summed E-state index contributed by atoms with van der Waals surface area (Å²) in [5.41, 5.74) is 0. The fraction of sp³-hybridized carbons (Fsp3) is 0.892. The van der Waals surface area contributed by atoms with Crippen LogP contribution in [0, 0.1) is 0 Å². The molecule has 4 heteroatoms. The maximum Gasteiger partial charge on any atom is 0.303 e. The molecule has 0 fully saturated rings. The summed E-state index contributed by atoms with van der Waals surface area (Å²) in [5, 5.41) is 11.2. The van der Waals surface area contributed by atoms with Gasteiger partial charge in [0.15, 0.2) is 0 Å². The van der Waals surface area contributed by atoms with E-state index < -0.39 is 5.97 Å². The van der Waals surface area contributed by atoms with Crippen molar-refractivity contribution < 1.29 is 14.7 Å². The zero-order valence-corrected chi connectivity index (χ0v) is 28.1. The topological polar surface area (TPSA) is 66.4 Å². The van der Waals surface area contributed by atoms with Crippen molar-refractivity contribution in [1.82, 2.24) is 5.32 Å². The molecule has 41 heavy (non-hydrogen) atoms. The smallest absolute Gasteiger partial charge is 0.303 e. The number of hydrogen-bond acceptors (Lipinski definition) is 2. The lowest BCUT2D eigenvalue weighted by molar-refractivity contribution is -0.137. The first-order valence-electron chi connectivity index (χ1n) is 18.2. The number of carboxylic acids is 1. The van der Waals surface area contributed by atoms with E-state index in [9.17, 15) is 9.59 Å². The van der Waals surface area contributed by atoms with Crippen LogP contribution < -0.4 is 5.32 Å². The van der Waals surface area contributed by atoms with E-state index in [1.165, 1.54) is 161 Å². The minimum atomic E-state index is -0.653. The van der Waals surface area contributed by atoms with Gasteiger partial charge in [-0.2, -0.15) is 0 Å². The maximum atomic E-state index is 11.0. The molecule has 0 heterocycles. The predicted octanol–water partition coefficient (Wildman–Crippen LogP) is 12.1. The summed E-state index contributed by atoms with van der Waals surface area (Å²) in [5.74, 6) is -0.479. The average molecular weight is 580 g/mol. The van der Waals surface area contributed by atoms with E-state index in [-0.39, 0.29) is 5.91 Å². The second-order valence-electron chi connectivity index (χ2n) is 12.1. The van der Waals surface area contributed by atoms with Crippen molar-refractivity contribution in [3.8, 4) is 0 Å². The number of carboxylic acid groups (broad SMARTS) is 1. The second kappa shape index (κ2) is 38.7. The zero-order chi connectivity index (χ0) is 30.5. The van der Waals surface area contributed by atoms with Crippen LogP contribution in [0.15, 0.2) is 12.2 Å². The molecule has 0 aliphatic rings.